The van der Waals surface area contributed by atoms with Gasteiger partial charge in [0.05, 0.1) is 11.6 Å². The lowest BCUT2D eigenvalue weighted by Crippen LogP contribution is -2.04. The van der Waals surface area contributed by atoms with E-state index in [9.17, 15) is 4.79 Å². The van der Waals surface area contributed by atoms with E-state index in [-0.39, 0.29) is 5.69 Å². The fourth-order valence-electron chi connectivity index (χ4n) is 1.67. The highest BCUT2D eigenvalue weighted by molar-refractivity contribution is 9.10. The van der Waals surface area contributed by atoms with Crippen molar-refractivity contribution in [2.45, 2.75) is 6.92 Å². The van der Waals surface area contributed by atoms with Crippen molar-refractivity contribution < 1.29 is 14.6 Å². The van der Waals surface area contributed by atoms with Gasteiger partial charge in [-0.3, -0.25) is 0 Å². The van der Waals surface area contributed by atoms with Crippen molar-refractivity contribution in [2.24, 2.45) is 0 Å². The topological polar surface area (TPSA) is 72.3 Å². The fraction of sp³-hybridized carbons (Fsp3) is 0.154. The minimum absolute atomic E-state index is 0.0570. The third kappa shape index (κ3) is 2.73. The van der Waals surface area contributed by atoms with Crippen molar-refractivity contribution in [2.75, 3.05) is 7.11 Å². The van der Waals surface area contributed by atoms with Gasteiger partial charge in [-0.25, -0.2) is 14.8 Å². The molecule has 0 aliphatic rings. The van der Waals surface area contributed by atoms with E-state index in [0.29, 0.717) is 10.3 Å². The van der Waals surface area contributed by atoms with Crippen LogP contribution in [0.15, 0.2) is 28.9 Å². The van der Waals surface area contributed by atoms with Crippen molar-refractivity contribution in [3.05, 3.63) is 40.1 Å². The van der Waals surface area contributed by atoms with Crippen LogP contribution in [0.25, 0.3) is 11.4 Å². The lowest BCUT2D eigenvalue weighted by molar-refractivity contribution is 0.0689. The van der Waals surface area contributed by atoms with Crippen LogP contribution < -0.4 is 4.74 Å². The molecule has 0 saturated carbocycles. The molecule has 1 aromatic heterocycles. The molecule has 0 amide bonds. The summed E-state index contributed by atoms with van der Waals surface area (Å²) in [6.07, 6.45) is 1.44. The summed E-state index contributed by atoms with van der Waals surface area (Å²) >= 11 is 3.12. The number of aromatic nitrogens is 2. The predicted molar refractivity (Wildman–Crippen MR) is 73.4 cm³/mol. The van der Waals surface area contributed by atoms with E-state index in [2.05, 4.69) is 25.9 Å². The number of ether oxygens (including phenoxy) is 1. The van der Waals surface area contributed by atoms with Crippen LogP contribution in [0.1, 0.15) is 16.1 Å². The summed E-state index contributed by atoms with van der Waals surface area (Å²) in [5.41, 5.74) is 1.62. The summed E-state index contributed by atoms with van der Waals surface area (Å²) in [7, 11) is 1.60. The molecule has 0 saturated heterocycles. The van der Waals surface area contributed by atoms with E-state index in [1.807, 2.05) is 13.0 Å². The molecule has 0 aliphatic heterocycles. The number of carboxylic acids is 1. The molecule has 0 atom stereocenters. The van der Waals surface area contributed by atoms with Gasteiger partial charge in [0, 0.05) is 11.8 Å². The molecule has 1 aromatic carbocycles. The van der Waals surface area contributed by atoms with E-state index in [0.717, 1.165) is 16.9 Å². The first-order chi connectivity index (χ1) is 9.02. The number of aryl methyl sites for hydroxylation is 1. The Morgan fingerprint density at radius 1 is 1.42 bits per heavy atom. The number of rotatable bonds is 3. The van der Waals surface area contributed by atoms with E-state index >= 15 is 0 Å². The van der Waals surface area contributed by atoms with Crippen molar-refractivity contribution >= 4 is 21.9 Å². The fourth-order valence-corrected chi connectivity index (χ4v) is 2.03. The van der Waals surface area contributed by atoms with Gasteiger partial charge in [0.1, 0.15) is 5.75 Å². The highest BCUT2D eigenvalue weighted by Gasteiger charge is 2.13. The zero-order valence-electron chi connectivity index (χ0n) is 10.3. The third-order valence-corrected chi connectivity index (χ3v) is 3.18. The molecule has 2 aromatic rings. The molecule has 0 fully saturated rings. The number of hydrogen-bond donors (Lipinski definition) is 1. The zero-order valence-corrected chi connectivity index (χ0v) is 11.9. The van der Waals surface area contributed by atoms with E-state index in [1.54, 1.807) is 19.2 Å². The second kappa shape index (κ2) is 5.36. The molecular weight excluding hydrogens is 312 g/mol. The molecule has 0 bridgehead atoms. The van der Waals surface area contributed by atoms with Crippen molar-refractivity contribution in [1.29, 1.82) is 0 Å². The Morgan fingerprint density at radius 3 is 2.74 bits per heavy atom. The van der Waals surface area contributed by atoms with Crippen LogP contribution in [-0.2, 0) is 0 Å². The molecule has 0 spiro atoms. The van der Waals surface area contributed by atoms with Gasteiger partial charge in [-0.2, -0.15) is 0 Å². The van der Waals surface area contributed by atoms with Crippen LogP contribution in [0, 0.1) is 6.92 Å². The smallest absolute Gasteiger partial charge is 0.355 e. The number of hydrogen-bond acceptors (Lipinski definition) is 4. The summed E-state index contributed by atoms with van der Waals surface area (Å²) in [4.78, 5) is 19.2. The Morgan fingerprint density at radius 2 is 2.16 bits per heavy atom. The van der Waals surface area contributed by atoms with Crippen molar-refractivity contribution in [3.8, 4) is 17.1 Å². The molecule has 1 N–H and O–H groups in total. The zero-order chi connectivity index (χ0) is 14.0. The van der Waals surface area contributed by atoms with Crippen molar-refractivity contribution in [1.82, 2.24) is 9.97 Å². The highest BCUT2D eigenvalue weighted by atomic mass is 79.9. The maximum atomic E-state index is 11.0. The van der Waals surface area contributed by atoms with E-state index in [1.165, 1.54) is 6.20 Å². The van der Waals surface area contributed by atoms with E-state index in [4.69, 9.17) is 9.84 Å². The average molecular weight is 323 g/mol. The summed E-state index contributed by atoms with van der Waals surface area (Å²) in [5.74, 6) is 0.0337. The molecule has 2 rings (SSSR count). The van der Waals surface area contributed by atoms with Crippen LogP contribution in [0.3, 0.4) is 0 Å². The molecule has 19 heavy (non-hydrogen) atoms. The SMILES string of the molecule is COc1ccc(-c2ncc(Br)c(C(=O)O)n2)cc1C. The molecular formula is C13H11BrN2O3. The Balaban J connectivity index is 2.50. The Kier molecular flexibility index (Phi) is 3.80. The van der Waals surface area contributed by atoms with Crippen LogP contribution >= 0.6 is 15.9 Å². The Bertz CT molecular complexity index is 644. The first-order valence-corrected chi connectivity index (χ1v) is 6.23. The molecule has 5 nitrogen and oxygen atoms in total. The van der Waals surface area contributed by atoms with Crippen LogP contribution in [0.5, 0.6) is 5.75 Å². The van der Waals surface area contributed by atoms with Gasteiger partial charge in [-0.15, -0.1) is 0 Å². The van der Waals surface area contributed by atoms with E-state index < -0.39 is 5.97 Å². The lowest BCUT2D eigenvalue weighted by Gasteiger charge is -2.07. The van der Waals surface area contributed by atoms with Gasteiger partial charge < -0.3 is 9.84 Å². The van der Waals surface area contributed by atoms with Gasteiger partial charge in [0.25, 0.3) is 0 Å². The van der Waals surface area contributed by atoms with Gasteiger partial charge >= 0.3 is 5.97 Å². The van der Waals surface area contributed by atoms with Gasteiger partial charge in [-0.1, -0.05) is 0 Å². The summed E-state index contributed by atoms with van der Waals surface area (Å²) in [6, 6.07) is 5.45. The second-order valence-electron chi connectivity index (χ2n) is 3.88. The summed E-state index contributed by atoms with van der Waals surface area (Å²) in [5, 5.41) is 9.03. The Hall–Kier alpha value is -1.95. The van der Waals surface area contributed by atoms with Crippen LogP contribution in [-0.4, -0.2) is 28.2 Å². The predicted octanol–water partition coefficient (Wildman–Crippen LogP) is 2.92. The molecule has 1 heterocycles. The molecule has 0 aliphatic carbocycles. The molecule has 0 unspecified atom stereocenters. The average Bonchev–Trinajstić information content (AvgIpc) is 2.38. The number of nitrogens with zero attached hydrogens (tertiary/aromatic N) is 2. The maximum Gasteiger partial charge on any atom is 0.355 e. The first kappa shape index (κ1) is 13.5. The second-order valence-corrected chi connectivity index (χ2v) is 4.73. The van der Waals surface area contributed by atoms with Crippen molar-refractivity contribution in [3.63, 3.8) is 0 Å². The van der Waals surface area contributed by atoms with Crippen LogP contribution in [0.4, 0.5) is 0 Å². The first-order valence-electron chi connectivity index (χ1n) is 5.43. The highest BCUT2D eigenvalue weighted by Crippen LogP contribution is 2.25. The molecule has 98 valence electrons. The number of methoxy groups -OCH3 is 1. The molecule has 6 heteroatoms. The number of aromatic carboxylic acids is 1. The molecule has 0 radical (unpaired) electrons. The van der Waals surface area contributed by atoms with Gasteiger partial charge in [-0.05, 0) is 46.6 Å². The van der Waals surface area contributed by atoms with Crippen LogP contribution in [0.2, 0.25) is 0 Å². The normalized spacial score (nSPS) is 10.3. The number of halogens is 1. The quantitative estimate of drug-likeness (QED) is 0.940. The third-order valence-electron chi connectivity index (χ3n) is 2.60. The monoisotopic (exact) mass is 322 g/mol. The summed E-state index contributed by atoms with van der Waals surface area (Å²) in [6.45, 7) is 1.90. The van der Waals surface area contributed by atoms with Gasteiger partial charge in [0.15, 0.2) is 11.5 Å². The minimum Gasteiger partial charge on any atom is -0.496 e. The largest absolute Gasteiger partial charge is 0.496 e. The minimum atomic E-state index is -1.10. The number of benzene rings is 1. The maximum absolute atomic E-state index is 11.0. The lowest BCUT2D eigenvalue weighted by atomic mass is 10.1. The number of carbonyl (C=O) groups is 1. The summed E-state index contributed by atoms with van der Waals surface area (Å²) < 4.78 is 5.53. The Labute approximate surface area is 118 Å². The standard InChI is InChI=1S/C13H11BrN2O3/c1-7-5-8(3-4-10(7)19-2)12-15-6-9(14)11(16-12)13(17)18/h3-6H,1-2H3,(H,17,18). The number of carboxylic acid groups (broad SMARTS) is 1. The van der Waals surface area contributed by atoms with Gasteiger partial charge in [0.2, 0.25) is 0 Å².